The Bertz CT molecular complexity index is 857. The van der Waals surface area contributed by atoms with Crippen molar-refractivity contribution in [1.82, 2.24) is 0 Å². The Morgan fingerprint density at radius 2 is 1.78 bits per heavy atom. The third kappa shape index (κ3) is 7.11. The van der Waals surface area contributed by atoms with Crippen LogP contribution in [0, 0.1) is 5.92 Å². The largest absolute Gasteiger partial charge is 0.491 e. The van der Waals surface area contributed by atoms with E-state index < -0.39 is 0 Å². The Labute approximate surface area is 193 Å². The van der Waals surface area contributed by atoms with E-state index >= 15 is 0 Å². The van der Waals surface area contributed by atoms with Gasteiger partial charge in [0.15, 0.2) is 0 Å². The molecule has 0 spiro atoms. The van der Waals surface area contributed by atoms with Gasteiger partial charge in [-0.05, 0) is 71.7 Å². The van der Waals surface area contributed by atoms with E-state index in [9.17, 15) is 5.11 Å². The summed E-state index contributed by atoms with van der Waals surface area (Å²) in [5, 5.41) is 9.79. The van der Waals surface area contributed by atoms with Crippen LogP contribution in [0.1, 0.15) is 52.0 Å². The summed E-state index contributed by atoms with van der Waals surface area (Å²) in [6, 6.07) is 15.0. The highest BCUT2D eigenvalue weighted by atomic mass is 16.5. The lowest BCUT2D eigenvalue weighted by Gasteiger charge is -2.30. The van der Waals surface area contributed by atoms with Gasteiger partial charge in [-0.15, -0.1) is 0 Å². The molecule has 2 aromatic rings. The molecule has 0 aromatic heterocycles. The van der Waals surface area contributed by atoms with Gasteiger partial charge in [0.1, 0.15) is 12.4 Å². The molecule has 2 aromatic carbocycles. The number of aliphatic hydroxyl groups is 1. The Morgan fingerprint density at radius 1 is 1.00 bits per heavy atom. The number of rotatable bonds is 11. The van der Waals surface area contributed by atoms with E-state index in [0.29, 0.717) is 19.1 Å². The van der Waals surface area contributed by atoms with E-state index in [2.05, 4.69) is 62.1 Å². The quantitative estimate of drug-likeness (QED) is 0.426. The lowest BCUT2D eigenvalue weighted by atomic mass is 9.96. The number of nitrogens with zero attached hydrogens (tertiary/aromatic N) is 1. The minimum Gasteiger partial charge on any atom is -0.491 e. The highest BCUT2D eigenvalue weighted by molar-refractivity contribution is 5.77. The van der Waals surface area contributed by atoms with Gasteiger partial charge in [-0.1, -0.05) is 51.5 Å². The van der Waals surface area contributed by atoms with Crippen molar-refractivity contribution in [3.8, 4) is 16.9 Å². The second-order valence-electron chi connectivity index (χ2n) is 9.02. The predicted octanol–water partition coefficient (Wildman–Crippen LogP) is 6.18. The topological polar surface area (TPSA) is 41.9 Å². The van der Waals surface area contributed by atoms with Crippen LogP contribution < -0.4 is 9.64 Å². The minimum atomic E-state index is 0.127. The van der Waals surface area contributed by atoms with Gasteiger partial charge in [-0.3, -0.25) is 0 Å². The van der Waals surface area contributed by atoms with E-state index in [1.54, 1.807) is 0 Å². The summed E-state index contributed by atoms with van der Waals surface area (Å²) in [4.78, 5) is 2.49. The molecule has 0 amide bonds. The molecule has 0 radical (unpaired) electrons. The van der Waals surface area contributed by atoms with Crippen LogP contribution in [0.4, 0.5) is 5.69 Å². The maximum Gasteiger partial charge on any atom is 0.119 e. The van der Waals surface area contributed by atoms with Gasteiger partial charge in [0.25, 0.3) is 0 Å². The number of hydrogen-bond acceptors (Lipinski definition) is 4. The maximum absolute atomic E-state index is 9.79. The molecule has 3 rings (SSSR count). The van der Waals surface area contributed by atoms with Crippen molar-refractivity contribution in [1.29, 1.82) is 0 Å². The number of aliphatic hydroxyl groups excluding tert-OH is 1. The molecular weight excluding hydrogens is 398 g/mol. The van der Waals surface area contributed by atoms with Crippen LogP contribution in [0.15, 0.2) is 48.0 Å². The molecule has 4 heteroatoms. The summed E-state index contributed by atoms with van der Waals surface area (Å²) < 4.78 is 11.4. The second-order valence-corrected chi connectivity index (χ2v) is 9.02. The fourth-order valence-electron chi connectivity index (χ4n) is 4.11. The van der Waals surface area contributed by atoms with Gasteiger partial charge in [0.05, 0.1) is 13.2 Å². The zero-order valence-corrected chi connectivity index (χ0v) is 20.0. The van der Waals surface area contributed by atoms with E-state index in [4.69, 9.17) is 9.47 Å². The van der Waals surface area contributed by atoms with Crippen LogP contribution in [0.3, 0.4) is 0 Å². The number of benzene rings is 2. The Hall–Kier alpha value is -2.30. The molecule has 0 fully saturated rings. The molecule has 0 bridgehead atoms. The fourth-order valence-corrected chi connectivity index (χ4v) is 4.11. The molecule has 0 aliphatic carbocycles. The van der Waals surface area contributed by atoms with E-state index in [1.165, 1.54) is 16.8 Å². The minimum absolute atomic E-state index is 0.127. The average Bonchev–Trinajstić information content (AvgIpc) is 2.78. The van der Waals surface area contributed by atoms with Crippen molar-refractivity contribution in [2.75, 3.05) is 44.4 Å². The molecule has 1 heterocycles. The standard InChI is InChI=1S/C28H39NO3/c1-4-5-15-31-16-17-32-27-11-8-24(9-12-27)25-10-13-28-26(19-25)18-23(21-30)7-6-14-29(28)20-22(2)3/h8-13,18-19,22,30H,4-7,14-17,20-21H2,1-3H3/b23-18+. The molecule has 0 unspecified atom stereocenters. The third-order valence-corrected chi connectivity index (χ3v) is 5.77. The zero-order chi connectivity index (χ0) is 22.8. The first kappa shape index (κ1) is 24.3. The highest BCUT2D eigenvalue weighted by Crippen LogP contribution is 2.32. The molecule has 4 nitrogen and oxygen atoms in total. The SMILES string of the molecule is CCCCOCCOc1ccc(-c2ccc3c(c2)/C=C(/CO)CCCN3CC(C)C)cc1. The van der Waals surface area contributed by atoms with Gasteiger partial charge in [-0.2, -0.15) is 0 Å². The molecule has 32 heavy (non-hydrogen) atoms. The Morgan fingerprint density at radius 3 is 2.50 bits per heavy atom. The number of unbranched alkanes of at least 4 members (excludes halogenated alkanes) is 1. The van der Waals surface area contributed by atoms with E-state index in [1.807, 2.05) is 12.1 Å². The Kier molecular flexibility index (Phi) is 9.63. The number of ether oxygens (including phenoxy) is 2. The van der Waals surface area contributed by atoms with Crippen molar-refractivity contribution in [3.05, 3.63) is 53.6 Å². The highest BCUT2D eigenvalue weighted by Gasteiger charge is 2.16. The van der Waals surface area contributed by atoms with Gasteiger partial charge >= 0.3 is 0 Å². The monoisotopic (exact) mass is 437 g/mol. The van der Waals surface area contributed by atoms with Crippen molar-refractivity contribution in [2.45, 2.75) is 46.5 Å². The first-order valence-corrected chi connectivity index (χ1v) is 12.1. The first-order chi connectivity index (χ1) is 15.6. The van der Waals surface area contributed by atoms with Crippen LogP contribution in [0.25, 0.3) is 17.2 Å². The van der Waals surface area contributed by atoms with Crippen LogP contribution in [-0.2, 0) is 4.74 Å². The third-order valence-electron chi connectivity index (χ3n) is 5.77. The van der Waals surface area contributed by atoms with Gasteiger partial charge in [-0.25, -0.2) is 0 Å². The maximum atomic E-state index is 9.79. The molecule has 0 atom stereocenters. The van der Waals surface area contributed by atoms with Crippen LogP contribution in [-0.4, -0.2) is 44.6 Å². The average molecular weight is 438 g/mol. The normalized spacial score (nSPS) is 15.7. The smallest absolute Gasteiger partial charge is 0.119 e. The summed E-state index contributed by atoms with van der Waals surface area (Å²) in [6.07, 6.45) is 6.45. The second kappa shape index (κ2) is 12.7. The van der Waals surface area contributed by atoms with Crippen molar-refractivity contribution < 1.29 is 14.6 Å². The molecule has 174 valence electrons. The number of hydrogen-bond donors (Lipinski definition) is 1. The van der Waals surface area contributed by atoms with Crippen LogP contribution in [0.5, 0.6) is 5.75 Å². The number of anilines is 1. The zero-order valence-electron chi connectivity index (χ0n) is 20.0. The summed E-state index contributed by atoms with van der Waals surface area (Å²) >= 11 is 0. The summed E-state index contributed by atoms with van der Waals surface area (Å²) in [7, 11) is 0. The predicted molar refractivity (Wildman–Crippen MR) is 134 cm³/mol. The molecule has 0 saturated heterocycles. The van der Waals surface area contributed by atoms with E-state index in [-0.39, 0.29) is 6.61 Å². The fraction of sp³-hybridized carbons (Fsp3) is 0.500. The van der Waals surface area contributed by atoms with E-state index in [0.717, 1.165) is 62.3 Å². The molecule has 1 aliphatic heterocycles. The molecular formula is C28H39NO3. The lowest BCUT2D eigenvalue weighted by Crippen LogP contribution is -2.30. The lowest BCUT2D eigenvalue weighted by molar-refractivity contribution is 0.0981. The molecule has 0 saturated carbocycles. The molecule has 1 N–H and O–H groups in total. The summed E-state index contributed by atoms with van der Waals surface area (Å²) in [5.74, 6) is 1.47. The molecule has 1 aliphatic rings. The van der Waals surface area contributed by atoms with Gasteiger partial charge < -0.3 is 19.5 Å². The Balaban J connectivity index is 1.74. The summed E-state index contributed by atoms with van der Waals surface area (Å²) in [6.45, 7) is 10.9. The summed E-state index contributed by atoms with van der Waals surface area (Å²) in [5.41, 5.74) is 5.90. The van der Waals surface area contributed by atoms with Gasteiger partial charge in [0, 0.05) is 25.4 Å². The van der Waals surface area contributed by atoms with Crippen molar-refractivity contribution in [2.24, 2.45) is 5.92 Å². The van der Waals surface area contributed by atoms with Crippen LogP contribution >= 0.6 is 0 Å². The van der Waals surface area contributed by atoms with Crippen molar-refractivity contribution >= 4 is 11.8 Å². The van der Waals surface area contributed by atoms with Gasteiger partial charge in [0.2, 0.25) is 0 Å². The van der Waals surface area contributed by atoms with Crippen LogP contribution in [0.2, 0.25) is 0 Å². The number of fused-ring (bicyclic) bond motifs is 1. The first-order valence-electron chi connectivity index (χ1n) is 12.1. The van der Waals surface area contributed by atoms with Crippen molar-refractivity contribution in [3.63, 3.8) is 0 Å².